The van der Waals surface area contributed by atoms with Gasteiger partial charge in [-0.3, -0.25) is 4.79 Å². The lowest BCUT2D eigenvalue weighted by atomic mass is 10.2. The SMILES string of the molecule is CN(CC1CC1)C(=O)CN1CCc2cc(Br)ccc21. The van der Waals surface area contributed by atoms with Crippen LogP contribution in [0.25, 0.3) is 0 Å². The van der Waals surface area contributed by atoms with Crippen molar-refractivity contribution in [2.45, 2.75) is 19.3 Å². The fraction of sp³-hybridized carbons (Fsp3) is 0.533. The third-order valence-corrected chi connectivity index (χ3v) is 4.51. The van der Waals surface area contributed by atoms with Crippen LogP contribution in [0, 0.1) is 5.92 Å². The number of amides is 1. The van der Waals surface area contributed by atoms with Gasteiger partial charge in [0.15, 0.2) is 0 Å². The molecule has 102 valence electrons. The topological polar surface area (TPSA) is 23.6 Å². The summed E-state index contributed by atoms with van der Waals surface area (Å²) in [6.07, 6.45) is 3.62. The molecule has 1 fully saturated rings. The average molecular weight is 323 g/mol. The van der Waals surface area contributed by atoms with E-state index in [2.05, 4.69) is 39.0 Å². The first-order chi connectivity index (χ1) is 9.13. The molecule has 0 bridgehead atoms. The first-order valence-corrected chi connectivity index (χ1v) is 7.70. The summed E-state index contributed by atoms with van der Waals surface area (Å²) >= 11 is 3.50. The predicted molar refractivity (Wildman–Crippen MR) is 80.4 cm³/mol. The lowest BCUT2D eigenvalue weighted by Gasteiger charge is -2.23. The monoisotopic (exact) mass is 322 g/mol. The number of anilines is 1. The highest BCUT2D eigenvalue weighted by Gasteiger charge is 2.27. The van der Waals surface area contributed by atoms with Crippen LogP contribution in [0.15, 0.2) is 22.7 Å². The molecule has 1 amide bonds. The average Bonchev–Trinajstić information content (AvgIpc) is 3.11. The molecule has 3 rings (SSSR count). The summed E-state index contributed by atoms with van der Waals surface area (Å²) in [6.45, 7) is 2.40. The Labute approximate surface area is 122 Å². The van der Waals surface area contributed by atoms with E-state index in [-0.39, 0.29) is 5.91 Å². The molecule has 4 heteroatoms. The van der Waals surface area contributed by atoms with Crippen LogP contribution in [-0.4, -0.2) is 37.5 Å². The number of benzene rings is 1. The lowest BCUT2D eigenvalue weighted by molar-refractivity contribution is -0.128. The summed E-state index contributed by atoms with van der Waals surface area (Å²) in [5.41, 5.74) is 2.56. The fourth-order valence-electron chi connectivity index (χ4n) is 2.68. The molecule has 1 aromatic rings. The minimum absolute atomic E-state index is 0.239. The maximum absolute atomic E-state index is 12.2. The molecule has 0 spiro atoms. The van der Waals surface area contributed by atoms with Gasteiger partial charge in [-0.1, -0.05) is 15.9 Å². The summed E-state index contributed by atoms with van der Waals surface area (Å²) < 4.78 is 1.12. The lowest BCUT2D eigenvalue weighted by Crippen LogP contribution is -2.38. The second-order valence-electron chi connectivity index (χ2n) is 5.66. The van der Waals surface area contributed by atoms with Crippen molar-refractivity contribution in [2.75, 3.05) is 31.6 Å². The van der Waals surface area contributed by atoms with Crippen LogP contribution in [0.4, 0.5) is 5.69 Å². The van der Waals surface area contributed by atoms with Gasteiger partial charge in [-0.25, -0.2) is 0 Å². The van der Waals surface area contributed by atoms with Crippen molar-refractivity contribution < 1.29 is 4.79 Å². The Bertz CT molecular complexity index is 499. The first-order valence-electron chi connectivity index (χ1n) is 6.91. The molecule has 1 saturated carbocycles. The Morgan fingerprint density at radius 1 is 1.47 bits per heavy atom. The quantitative estimate of drug-likeness (QED) is 0.851. The van der Waals surface area contributed by atoms with E-state index >= 15 is 0 Å². The number of hydrogen-bond acceptors (Lipinski definition) is 2. The van der Waals surface area contributed by atoms with Crippen molar-refractivity contribution in [1.29, 1.82) is 0 Å². The summed E-state index contributed by atoms with van der Waals surface area (Å²) in [5, 5.41) is 0. The summed E-state index contributed by atoms with van der Waals surface area (Å²) in [7, 11) is 1.93. The second kappa shape index (κ2) is 5.16. The van der Waals surface area contributed by atoms with Gasteiger partial charge in [0.25, 0.3) is 0 Å². The molecule has 0 radical (unpaired) electrons. The van der Waals surface area contributed by atoms with Crippen LogP contribution in [0.1, 0.15) is 18.4 Å². The Morgan fingerprint density at radius 3 is 3.00 bits per heavy atom. The molecule has 0 N–H and O–H groups in total. The van der Waals surface area contributed by atoms with E-state index in [9.17, 15) is 4.79 Å². The first kappa shape index (κ1) is 13.0. The Kier molecular flexibility index (Phi) is 3.52. The van der Waals surface area contributed by atoms with Crippen molar-refractivity contribution in [3.8, 4) is 0 Å². The van der Waals surface area contributed by atoms with Crippen LogP contribution in [0.3, 0.4) is 0 Å². The number of halogens is 1. The van der Waals surface area contributed by atoms with E-state index in [1.165, 1.54) is 24.1 Å². The molecule has 19 heavy (non-hydrogen) atoms. The number of carbonyl (C=O) groups is 1. The molecule has 0 unspecified atom stereocenters. The smallest absolute Gasteiger partial charge is 0.241 e. The van der Waals surface area contributed by atoms with Crippen LogP contribution < -0.4 is 4.90 Å². The second-order valence-corrected chi connectivity index (χ2v) is 6.58. The zero-order valence-corrected chi connectivity index (χ0v) is 12.8. The highest BCUT2D eigenvalue weighted by Crippen LogP contribution is 2.31. The number of fused-ring (bicyclic) bond motifs is 1. The molecular formula is C15H19BrN2O. The van der Waals surface area contributed by atoms with Gasteiger partial charge in [0.05, 0.1) is 6.54 Å². The molecule has 1 heterocycles. The molecule has 1 aliphatic heterocycles. The zero-order chi connectivity index (χ0) is 13.4. The minimum atomic E-state index is 0.239. The van der Waals surface area contributed by atoms with Gasteiger partial charge in [-0.05, 0) is 48.9 Å². The van der Waals surface area contributed by atoms with E-state index in [0.29, 0.717) is 6.54 Å². The Balaban J connectivity index is 1.63. The van der Waals surface area contributed by atoms with Crippen LogP contribution in [-0.2, 0) is 11.2 Å². The van der Waals surface area contributed by atoms with Gasteiger partial charge in [0, 0.05) is 30.3 Å². The van der Waals surface area contributed by atoms with Gasteiger partial charge in [-0.15, -0.1) is 0 Å². The fourth-order valence-corrected chi connectivity index (χ4v) is 3.08. The number of nitrogens with zero attached hydrogens (tertiary/aromatic N) is 2. The molecule has 1 aromatic carbocycles. The van der Waals surface area contributed by atoms with E-state index < -0.39 is 0 Å². The maximum atomic E-state index is 12.2. The van der Waals surface area contributed by atoms with Crippen LogP contribution >= 0.6 is 15.9 Å². The van der Waals surface area contributed by atoms with Crippen molar-refractivity contribution in [3.63, 3.8) is 0 Å². The molecule has 0 aromatic heterocycles. The summed E-state index contributed by atoms with van der Waals surface area (Å²) in [5.74, 6) is 0.999. The van der Waals surface area contributed by atoms with Crippen LogP contribution in [0.5, 0.6) is 0 Å². The predicted octanol–water partition coefficient (Wildman–Crippen LogP) is 2.68. The Morgan fingerprint density at radius 2 is 2.26 bits per heavy atom. The van der Waals surface area contributed by atoms with Crippen molar-refractivity contribution in [1.82, 2.24) is 4.90 Å². The Hall–Kier alpha value is -1.03. The third kappa shape index (κ3) is 2.94. The van der Waals surface area contributed by atoms with Crippen molar-refractivity contribution >= 4 is 27.5 Å². The largest absolute Gasteiger partial charge is 0.362 e. The van der Waals surface area contributed by atoms with Gasteiger partial charge < -0.3 is 9.80 Å². The van der Waals surface area contributed by atoms with Gasteiger partial charge >= 0.3 is 0 Å². The van der Waals surface area contributed by atoms with E-state index in [4.69, 9.17) is 0 Å². The zero-order valence-electron chi connectivity index (χ0n) is 11.2. The standard InChI is InChI=1S/C15H19BrN2O/c1-17(9-11-2-3-11)15(19)10-18-7-6-12-8-13(16)4-5-14(12)18/h4-5,8,11H,2-3,6-7,9-10H2,1H3. The molecule has 1 aliphatic carbocycles. The molecule has 3 nitrogen and oxygen atoms in total. The molecular weight excluding hydrogens is 304 g/mol. The van der Waals surface area contributed by atoms with E-state index in [1.54, 1.807) is 0 Å². The summed E-state index contributed by atoms with van der Waals surface area (Å²) in [6, 6.07) is 6.32. The van der Waals surface area contributed by atoms with Crippen molar-refractivity contribution in [2.24, 2.45) is 5.92 Å². The number of likely N-dealkylation sites (N-methyl/N-ethyl adjacent to an activating group) is 1. The van der Waals surface area contributed by atoms with E-state index in [0.717, 1.165) is 29.9 Å². The molecule has 0 saturated heterocycles. The summed E-state index contributed by atoms with van der Waals surface area (Å²) in [4.78, 5) is 16.3. The normalized spacial score (nSPS) is 17.5. The number of rotatable bonds is 4. The highest BCUT2D eigenvalue weighted by molar-refractivity contribution is 9.10. The third-order valence-electron chi connectivity index (χ3n) is 4.01. The minimum Gasteiger partial charge on any atom is -0.362 e. The van der Waals surface area contributed by atoms with Gasteiger partial charge in [0.2, 0.25) is 5.91 Å². The number of hydrogen-bond donors (Lipinski definition) is 0. The van der Waals surface area contributed by atoms with Crippen LogP contribution in [0.2, 0.25) is 0 Å². The van der Waals surface area contributed by atoms with Gasteiger partial charge in [-0.2, -0.15) is 0 Å². The maximum Gasteiger partial charge on any atom is 0.241 e. The number of carbonyl (C=O) groups excluding carboxylic acids is 1. The van der Waals surface area contributed by atoms with Crippen molar-refractivity contribution in [3.05, 3.63) is 28.2 Å². The molecule has 0 atom stereocenters. The highest BCUT2D eigenvalue weighted by atomic mass is 79.9. The van der Waals surface area contributed by atoms with E-state index in [1.807, 2.05) is 11.9 Å². The van der Waals surface area contributed by atoms with Gasteiger partial charge in [0.1, 0.15) is 0 Å². The molecule has 2 aliphatic rings.